The number of carbonyl (C=O) groups is 1. The second-order valence-electron chi connectivity index (χ2n) is 5.89. The van der Waals surface area contributed by atoms with Gasteiger partial charge in [0.2, 0.25) is 0 Å². The van der Waals surface area contributed by atoms with Gasteiger partial charge in [-0.05, 0) is 29.8 Å². The van der Waals surface area contributed by atoms with Gasteiger partial charge in [0.1, 0.15) is 0 Å². The van der Waals surface area contributed by atoms with E-state index in [1.807, 2.05) is 29.6 Å². The Balaban J connectivity index is 1.72. The van der Waals surface area contributed by atoms with Gasteiger partial charge in [0.25, 0.3) is 5.91 Å². The zero-order chi connectivity index (χ0) is 19.2. The third-order valence-electron chi connectivity index (χ3n) is 3.96. The quantitative estimate of drug-likeness (QED) is 0.530. The number of benzene rings is 2. The van der Waals surface area contributed by atoms with Crippen LogP contribution in [0.2, 0.25) is 0 Å². The lowest BCUT2D eigenvalue weighted by Gasteiger charge is -2.19. The van der Waals surface area contributed by atoms with Crippen LogP contribution < -0.4 is 4.74 Å². The van der Waals surface area contributed by atoms with Crippen LogP contribution in [0, 0.1) is 5.82 Å². The fourth-order valence-corrected chi connectivity index (χ4v) is 4.20. The van der Waals surface area contributed by atoms with Crippen LogP contribution in [0.25, 0.3) is 0 Å². The Hall–Kier alpha value is -2.38. The predicted octanol–water partition coefficient (Wildman–Crippen LogP) is 4.86. The molecule has 0 fully saturated rings. The first-order valence-electron chi connectivity index (χ1n) is 8.25. The number of amides is 1. The van der Waals surface area contributed by atoms with E-state index in [1.54, 1.807) is 52.7 Å². The van der Waals surface area contributed by atoms with Gasteiger partial charge >= 0.3 is 0 Å². The van der Waals surface area contributed by atoms with Crippen LogP contribution in [-0.2, 0) is 12.3 Å². The van der Waals surface area contributed by atoms with Gasteiger partial charge in [0, 0.05) is 29.6 Å². The number of aromatic nitrogens is 1. The summed E-state index contributed by atoms with van der Waals surface area (Å²) in [7, 11) is 3.14. The highest BCUT2D eigenvalue weighted by molar-refractivity contribution is 7.98. The number of hydrogen-bond acceptors (Lipinski definition) is 5. The predicted molar refractivity (Wildman–Crippen MR) is 107 cm³/mol. The van der Waals surface area contributed by atoms with Gasteiger partial charge in [-0.1, -0.05) is 18.2 Å². The molecule has 0 unspecified atom stereocenters. The molecular weight excluding hydrogens is 383 g/mol. The van der Waals surface area contributed by atoms with Crippen LogP contribution in [0.1, 0.15) is 21.6 Å². The summed E-state index contributed by atoms with van der Waals surface area (Å²) in [6, 6.07) is 12.2. The highest BCUT2D eigenvalue weighted by atomic mass is 32.2. The molecule has 1 aromatic heterocycles. The zero-order valence-electron chi connectivity index (χ0n) is 15.0. The second-order valence-corrected chi connectivity index (χ2v) is 7.63. The molecule has 0 aliphatic rings. The molecule has 2 aromatic carbocycles. The second kappa shape index (κ2) is 9.01. The van der Waals surface area contributed by atoms with E-state index < -0.39 is 5.82 Å². The number of hydrogen-bond donors (Lipinski definition) is 0. The van der Waals surface area contributed by atoms with Crippen molar-refractivity contribution in [1.82, 2.24) is 9.88 Å². The summed E-state index contributed by atoms with van der Waals surface area (Å²) in [6.45, 7) is 0.310. The molecular formula is C20H19FN2O2S2. The highest BCUT2D eigenvalue weighted by Gasteiger charge is 2.17. The van der Waals surface area contributed by atoms with Crippen molar-refractivity contribution < 1.29 is 13.9 Å². The molecule has 0 atom stereocenters. The van der Waals surface area contributed by atoms with Crippen LogP contribution in [0.15, 0.2) is 58.3 Å². The average molecular weight is 403 g/mol. The van der Waals surface area contributed by atoms with Crippen molar-refractivity contribution in [2.45, 2.75) is 17.2 Å². The molecule has 0 saturated heterocycles. The molecule has 3 rings (SSSR count). The van der Waals surface area contributed by atoms with Crippen LogP contribution >= 0.6 is 23.1 Å². The standard InChI is InChI=1S/C20H19FN2O2S2/c1-23(10-14-7-8-18(25-2)17(21)9-14)20(24)16-5-3-4-6-19(16)27-12-15-11-26-13-22-15/h3-9,11,13H,10,12H2,1-2H3. The molecule has 0 bridgehead atoms. The Morgan fingerprint density at radius 3 is 2.81 bits per heavy atom. The van der Waals surface area contributed by atoms with Crippen molar-refractivity contribution in [2.24, 2.45) is 0 Å². The summed E-state index contributed by atoms with van der Waals surface area (Å²) in [5, 5.41) is 2.00. The number of halogens is 1. The smallest absolute Gasteiger partial charge is 0.255 e. The van der Waals surface area contributed by atoms with Crippen molar-refractivity contribution in [1.29, 1.82) is 0 Å². The number of nitrogens with zero attached hydrogens (tertiary/aromatic N) is 2. The fourth-order valence-electron chi connectivity index (χ4n) is 2.59. The minimum Gasteiger partial charge on any atom is -0.494 e. The Kier molecular flexibility index (Phi) is 6.47. The summed E-state index contributed by atoms with van der Waals surface area (Å²) >= 11 is 3.14. The molecule has 0 aliphatic carbocycles. The Morgan fingerprint density at radius 2 is 2.11 bits per heavy atom. The number of rotatable bonds is 7. The monoisotopic (exact) mass is 402 g/mol. The third-order valence-corrected chi connectivity index (χ3v) is 5.70. The lowest BCUT2D eigenvalue weighted by atomic mass is 10.1. The molecule has 27 heavy (non-hydrogen) atoms. The van der Waals surface area contributed by atoms with Gasteiger partial charge in [0.15, 0.2) is 11.6 Å². The molecule has 1 heterocycles. The highest BCUT2D eigenvalue weighted by Crippen LogP contribution is 2.27. The third kappa shape index (κ3) is 4.87. The molecule has 4 nitrogen and oxygen atoms in total. The maximum Gasteiger partial charge on any atom is 0.255 e. The Labute approximate surface area is 166 Å². The first-order valence-corrected chi connectivity index (χ1v) is 10.2. The largest absolute Gasteiger partial charge is 0.494 e. The van der Waals surface area contributed by atoms with E-state index in [0.717, 1.165) is 10.6 Å². The number of thioether (sulfide) groups is 1. The number of thiazole rings is 1. The molecule has 0 spiro atoms. The van der Waals surface area contributed by atoms with Crippen LogP contribution in [0.4, 0.5) is 4.39 Å². The summed E-state index contributed by atoms with van der Waals surface area (Å²) in [6.07, 6.45) is 0. The SMILES string of the molecule is COc1ccc(CN(C)C(=O)c2ccccc2SCc2cscn2)cc1F. The van der Waals surface area contributed by atoms with Gasteiger partial charge in [0.05, 0.1) is 23.9 Å². The van der Waals surface area contributed by atoms with E-state index in [-0.39, 0.29) is 11.7 Å². The van der Waals surface area contributed by atoms with Crippen LogP contribution in [-0.4, -0.2) is 29.9 Å². The number of methoxy groups -OCH3 is 1. The molecule has 0 radical (unpaired) electrons. The van der Waals surface area contributed by atoms with Crippen molar-refractivity contribution in [3.8, 4) is 5.75 Å². The summed E-state index contributed by atoms with van der Waals surface area (Å²) in [5.41, 5.74) is 4.13. The Morgan fingerprint density at radius 1 is 1.30 bits per heavy atom. The molecule has 3 aromatic rings. The first kappa shape index (κ1) is 19.4. The number of ether oxygens (including phenoxy) is 1. The molecule has 0 saturated carbocycles. The van der Waals surface area contributed by atoms with Crippen molar-refractivity contribution in [2.75, 3.05) is 14.2 Å². The maximum atomic E-state index is 13.9. The molecule has 140 valence electrons. The fraction of sp³-hybridized carbons (Fsp3) is 0.200. The molecule has 7 heteroatoms. The van der Waals surface area contributed by atoms with E-state index in [0.29, 0.717) is 23.4 Å². The minimum atomic E-state index is -0.435. The van der Waals surface area contributed by atoms with Gasteiger partial charge < -0.3 is 9.64 Å². The topological polar surface area (TPSA) is 42.4 Å². The minimum absolute atomic E-state index is 0.104. The van der Waals surface area contributed by atoms with Crippen LogP contribution in [0.5, 0.6) is 5.75 Å². The van der Waals surface area contributed by atoms with Crippen molar-refractivity contribution >= 4 is 29.0 Å². The summed E-state index contributed by atoms with van der Waals surface area (Å²) in [4.78, 5) is 19.7. The van der Waals surface area contributed by atoms with Crippen LogP contribution in [0.3, 0.4) is 0 Å². The molecule has 0 N–H and O–H groups in total. The van der Waals surface area contributed by atoms with Gasteiger partial charge in [-0.2, -0.15) is 0 Å². The normalized spacial score (nSPS) is 10.6. The number of carbonyl (C=O) groups excluding carboxylic acids is 1. The van der Waals surface area contributed by atoms with Crippen molar-refractivity contribution in [3.63, 3.8) is 0 Å². The maximum absolute atomic E-state index is 13.9. The first-order chi connectivity index (χ1) is 13.1. The van der Waals surface area contributed by atoms with Crippen molar-refractivity contribution in [3.05, 3.63) is 76.0 Å². The zero-order valence-corrected chi connectivity index (χ0v) is 16.6. The summed E-state index contributed by atoms with van der Waals surface area (Å²) in [5.74, 6) is 0.362. The van der Waals surface area contributed by atoms with E-state index in [4.69, 9.17) is 4.74 Å². The van der Waals surface area contributed by atoms with Gasteiger partial charge in [-0.3, -0.25) is 4.79 Å². The average Bonchev–Trinajstić information content (AvgIpc) is 3.20. The Bertz CT molecular complexity index is 916. The van der Waals surface area contributed by atoms with Gasteiger partial charge in [-0.25, -0.2) is 9.37 Å². The van der Waals surface area contributed by atoms with Gasteiger partial charge in [-0.15, -0.1) is 23.1 Å². The lowest BCUT2D eigenvalue weighted by Crippen LogP contribution is -2.26. The van der Waals surface area contributed by atoms with E-state index in [1.165, 1.54) is 13.2 Å². The summed E-state index contributed by atoms with van der Waals surface area (Å²) < 4.78 is 18.8. The van der Waals surface area contributed by atoms with E-state index in [2.05, 4.69) is 4.98 Å². The van der Waals surface area contributed by atoms with E-state index >= 15 is 0 Å². The van der Waals surface area contributed by atoms with E-state index in [9.17, 15) is 9.18 Å². The molecule has 0 aliphatic heterocycles. The molecule has 1 amide bonds. The lowest BCUT2D eigenvalue weighted by molar-refractivity contribution is 0.0781.